The van der Waals surface area contributed by atoms with Crippen LogP contribution in [0.3, 0.4) is 0 Å². The van der Waals surface area contributed by atoms with Gasteiger partial charge in [-0.3, -0.25) is 4.79 Å². The first-order chi connectivity index (χ1) is 15.7. The number of rotatable bonds is 5. The Morgan fingerprint density at radius 2 is 1.82 bits per heavy atom. The van der Waals surface area contributed by atoms with Gasteiger partial charge in [0.05, 0.1) is 10.6 Å². The molecule has 9 heteroatoms. The summed E-state index contributed by atoms with van der Waals surface area (Å²) >= 11 is 3.44. The van der Waals surface area contributed by atoms with Crippen molar-refractivity contribution in [1.82, 2.24) is 4.98 Å². The molecule has 0 atom stereocenters. The van der Waals surface area contributed by atoms with Gasteiger partial charge in [0.25, 0.3) is 0 Å². The first-order valence-corrected chi connectivity index (χ1v) is 12.1. The van der Waals surface area contributed by atoms with E-state index >= 15 is 0 Å². The monoisotopic (exact) mass is 522 g/mol. The van der Waals surface area contributed by atoms with Crippen molar-refractivity contribution < 1.29 is 13.2 Å². The van der Waals surface area contributed by atoms with Crippen LogP contribution in [0, 0.1) is 0 Å². The van der Waals surface area contributed by atoms with Crippen molar-refractivity contribution in [3.05, 3.63) is 89.0 Å². The van der Waals surface area contributed by atoms with E-state index in [1.807, 2.05) is 24.3 Å². The van der Waals surface area contributed by atoms with Crippen molar-refractivity contribution in [3.63, 3.8) is 0 Å². The van der Waals surface area contributed by atoms with Crippen LogP contribution in [-0.4, -0.2) is 19.3 Å². The Bertz CT molecular complexity index is 1520. The van der Waals surface area contributed by atoms with Crippen LogP contribution in [0.2, 0.25) is 0 Å². The zero-order chi connectivity index (χ0) is 23.6. The first-order valence-electron chi connectivity index (χ1n) is 9.77. The fraction of sp³-hybridized carbons (Fsp3) is 0. The van der Waals surface area contributed by atoms with Gasteiger partial charge in [-0.05, 0) is 68.9 Å². The molecule has 0 aliphatic rings. The lowest BCUT2D eigenvalue weighted by atomic mass is 10.1. The molecule has 0 saturated carbocycles. The number of hydrogen-bond acceptors (Lipinski definition) is 5. The molecule has 4 rings (SSSR count). The van der Waals surface area contributed by atoms with Gasteiger partial charge in [-0.25, -0.2) is 18.5 Å². The van der Waals surface area contributed by atoms with Gasteiger partial charge in [-0.2, -0.15) is 0 Å². The van der Waals surface area contributed by atoms with Gasteiger partial charge in [0.1, 0.15) is 5.82 Å². The minimum absolute atomic E-state index is 0.0304. The number of nitrogens with one attached hydrogen (secondary N) is 1. The molecule has 0 fully saturated rings. The maximum Gasteiger partial charge on any atom is 0.248 e. The molecule has 0 saturated heterocycles. The Labute approximate surface area is 199 Å². The molecule has 1 aromatic heterocycles. The molecule has 0 unspecified atom stereocenters. The van der Waals surface area contributed by atoms with Crippen molar-refractivity contribution in [3.8, 4) is 11.1 Å². The fourth-order valence-corrected chi connectivity index (χ4v) is 4.63. The minimum atomic E-state index is -3.88. The highest BCUT2D eigenvalue weighted by molar-refractivity contribution is 9.10. The summed E-state index contributed by atoms with van der Waals surface area (Å²) in [6, 6.07) is 19.1. The number of nitrogens with two attached hydrogens (primary N) is 2. The number of benzene rings is 3. The highest BCUT2D eigenvalue weighted by Crippen LogP contribution is 2.32. The Hall–Kier alpha value is -3.53. The van der Waals surface area contributed by atoms with Crippen molar-refractivity contribution in [2.45, 2.75) is 4.90 Å². The predicted octanol–water partition coefficient (Wildman–Crippen LogP) is 4.55. The van der Waals surface area contributed by atoms with Gasteiger partial charge < -0.3 is 11.1 Å². The lowest BCUT2D eigenvalue weighted by Crippen LogP contribution is -2.13. The third kappa shape index (κ3) is 5.11. The molecule has 1 heterocycles. The van der Waals surface area contributed by atoms with Gasteiger partial charge in [0.15, 0.2) is 0 Å². The number of aromatic nitrogens is 1. The second-order valence-corrected chi connectivity index (χ2v) is 9.62. The fourth-order valence-electron chi connectivity index (χ4n) is 3.40. The average Bonchev–Trinajstić information content (AvgIpc) is 2.79. The van der Waals surface area contributed by atoms with E-state index in [0.29, 0.717) is 27.1 Å². The number of hydrogen-bond donors (Lipinski definition) is 3. The van der Waals surface area contributed by atoms with Crippen LogP contribution in [0.5, 0.6) is 0 Å². The number of anilines is 2. The molecular weight excluding hydrogens is 504 g/mol. The van der Waals surface area contributed by atoms with E-state index in [1.165, 1.54) is 12.1 Å². The number of sulfonamides is 1. The Kier molecular flexibility index (Phi) is 6.28. The quantitative estimate of drug-likeness (QED) is 0.331. The number of nitrogen functional groups attached to an aromatic ring is 1. The second-order valence-electron chi connectivity index (χ2n) is 7.24. The largest absolute Gasteiger partial charge is 0.383 e. The van der Waals surface area contributed by atoms with Crippen LogP contribution < -0.4 is 16.2 Å². The minimum Gasteiger partial charge on any atom is -0.383 e. The number of halogens is 1. The van der Waals surface area contributed by atoms with E-state index in [1.54, 1.807) is 48.7 Å². The lowest BCUT2D eigenvalue weighted by Gasteiger charge is -2.11. The molecule has 0 bridgehead atoms. The molecule has 4 aromatic rings. The molecule has 0 aliphatic carbocycles. The number of fused-ring (bicyclic) bond motifs is 1. The van der Waals surface area contributed by atoms with E-state index in [-0.39, 0.29) is 10.8 Å². The number of amides is 1. The van der Waals surface area contributed by atoms with Crippen LogP contribution in [-0.2, 0) is 14.8 Å². The van der Waals surface area contributed by atoms with Gasteiger partial charge in [0.2, 0.25) is 15.9 Å². The molecule has 0 radical (unpaired) electrons. The van der Waals surface area contributed by atoms with Gasteiger partial charge in [-0.1, -0.05) is 36.4 Å². The van der Waals surface area contributed by atoms with Crippen LogP contribution in [0.1, 0.15) is 5.56 Å². The Morgan fingerprint density at radius 3 is 2.58 bits per heavy atom. The summed E-state index contributed by atoms with van der Waals surface area (Å²) in [5, 5.41) is 9.92. The molecule has 5 N–H and O–H groups in total. The molecule has 33 heavy (non-hydrogen) atoms. The molecule has 0 spiro atoms. The summed E-state index contributed by atoms with van der Waals surface area (Å²) in [7, 11) is -3.88. The number of nitrogens with zero attached hydrogens (tertiary/aromatic N) is 1. The van der Waals surface area contributed by atoms with Crippen LogP contribution >= 0.6 is 15.9 Å². The summed E-state index contributed by atoms with van der Waals surface area (Å²) in [6.07, 6.45) is 4.76. The van der Waals surface area contributed by atoms with E-state index < -0.39 is 10.0 Å². The number of carbonyl (C=O) groups excluding carboxylic acids is 1. The summed E-state index contributed by atoms with van der Waals surface area (Å²) in [6.45, 7) is 0. The zero-order valence-corrected chi connectivity index (χ0v) is 19.6. The van der Waals surface area contributed by atoms with Crippen molar-refractivity contribution in [2.24, 2.45) is 5.14 Å². The van der Waals surface area contributed by atoms with Crippen LogP contribution in [0.15, 0.2) is 88.4 Å². The highest BCUT2D eigenvalue weighted by Gasteiger charge is 2.15. The predicted molar refractivity (Wildman–Crippen MR) is 135 cm³/mol. The molecule has 3 aromatic carbocycles. The number of carbonyl (C=O) groups is 1. The van der Waals surface area contributed by atoms with E-state index in [9.17, 15) is 13.2 Å². The van der Waals surface area contributed by atoms with Crippen molar-refractivity contribution in [2.75, 3.05) is 11.1 Å². The molecular formula is C24H19BrN4O3S. The smallest absolute Gasteiger partial charge is 0.248 e. The highest BCUT2D eigenvalue weighted by atomic mass is 79.9. The van der Waals surface area contributed by atoms with Gasteiger partial charge in [-0.15, -0.1) is 0 Å². The Morgan fingerprint density at radius 1 is 1.03 bits per heavy atom. The standard InChI is InChI=1S/C24H19BrN4O3S/c25-20-14-17(18-3-1-2-4-22(18)33(27,31)32)8-9-21(20)29-23(30)10-6-15-5-7-16-11-12-28-24(26)19(16)13-15/h1-14H,(H2,26,28)(H,29,30)(H2,27,31,32)/b10-6-. The van der Waals surface area contributed by atoms with E-state index in [2.05, 4.69) is 26.2 Å². The third-order valence-electron chi connectivity index (χ3n) is 4.98. The first kappa shape index (κ1) is 22.7. The summed E-state index contributed by atoms with van der Waals surface area (Å²) < 4.78 is 24.4. The maximum atomic E-state index is 12.5. The zero-order valence-electron chi connectivity index (χ0n) is 17.2. The third-order valence-corrected chi connectivity index (χ3v) is 6.60. The Balaban J connectivity index is 1.53. The average molecular weight is 523 g/mol. The summed E-state index contributed by atoms with van der Waals surface area (Å²) in [5.74, 6) is 0.105. The SMILES string of the molecule is Nc1nccc2ccc(/C=C\C(=O)Nc3ccc(-c4ccccc4S(N)(=O)=O)cc3Br)cc12. The molecule has 7 nitrogen and oxygen atoms in total. The molecule has 0 aliphatic heterocycles. The summed E-state index contributed by atoms with van der Waals surface area (Å²) in [5.41, 5.74) is 8.39. The van der Waals surface area contributed by atoms with Crippen LogP contribution in [0.4, 0.5) is 11.5 Å². The van der Waals surface area contributed by atoms with E-state index in [4.69, 9.17) is 10.9 Å². The normalized spacial score (nSPS) is 11.7. The van der Waals surface area contributed by atoms with Gasteiger partial charge >= 0.3 is 0 Å². The van der Waals surface area contributed by atoms with Gasteiger partial charge in [0, 0.05) is 27.7 Å². The topological polar surface area (TPSA) is 128 Å². The summed E-state index contributed by atoms with van der Waals surface area (Å²) in [4.78, 5) is 16.6. The van der Waals surface area contributed by atoms with Crippen molar-refractivity contribution >= 4 is 60.2 Å². The number of primary sulfonamides is 1. The maximum absolute atomic E-state index is 12.5. The van der Waals surface area contributed by atoms with Crippen LogP contribution in [0.25, 0.3) is 28.0 Å². The lowest BCUT2D eigenvalue weighted by molar-refractivity contribution is -0.111. The number of pyridine rings is 1. The molecule has 1 amide bonds. The van der Waals surface area contributed by atoms with E-state index in [0.717, 1.165) is 16.3 Å². The second kappa shape index (κ2) is 9.14. The van der Waals surface area contributed by atoms with Crippen molar-refractivity contribution in [1.29, 1.82) is 0 Å². The molecule has 166 valence electrons.